The summed E-state index contributed by atoms with van der Waals surface area (Å²) in [7, 11) is 0. The van der Waals surface area contributed by atoms with E-state index < -0.39 is 0 Å². The van der Waals surface area contributed by atoms with Crippen LogP contribution in [0, 0.1) is 53.8 Å². The summed E-state index contributed by atoms with van der Waals surface area (Å²) in [6.45, 7) is 4.88. The molecule has 0 bridgehead atoms. The molecule has 4 radical (unpaired) electrons. The molecule has 0 saturated heterocycles. The molecule has 4 aliphatic rings. The Kier molecular flexibility index (Phi) is 3.24. The van der Waals surface area contributed by atoms with Gasteiger partial charge in [0.25, 0.3) is 0 Å². The molecule has 2 fully saturated rings. The second-order valence-corrected chi connectivity index (χ2v) is 7.65. The molecule has 0 spiro atoms. The minimum atomic E-state index is 0.276. The summed E-state index contributed by atoms with van der Waals surface area (Å²) in [5.41, 5.74) is 0.276. The van der Waals surface area contributed by atoms with E-state index >= 15 is 0 Å². The molecule has 0 nitrogen and oxygen atoms in total. The number of fused-ring (bicyclic) bond motifs is 2. The highest BCUT2D eigenvalue weighted by atomic mass is 14.5. The number of allylic oxidation sites excluding steroid dienone is 8. The van der Waals surface area contributed by atoms with Crippen LogP contribution in [0.4, 0.5) is 0 Å². The van der Waals surface area contributed by atoms with Gasteiger partial charge in [-0.15, -0.1) is 0 Å². The van der Waals surface area contributed by atoms with Crippen molar-refractivity contribution in [1.82, 2.24) is 0 Å². The maximum absolute atomic E-state index is 3.88. The van der Waals surface area contributed by atoms with Crippen LogP contribution in [0.5, 0.6) is 0 Å². The molecule has 6 atom stereocenters. The van der Waals surface area contributed by atoms with Crippen molar-refractivity contribution in [3.8, 4) is 0 Å². The third-order valence-electron chi connectivity index (χ3n) is 6.10. The first-order chi connectivity index (χ1) is 10.1. The largest absolute Gasteiger partial charge is 0.0808 e. The Morgan fingerprint density at radius 2 is 1.14 bits per heavy atom. The zero-order valence-electron chi connectivity index (χ0n) is 13.0. The Morgan fingerprint density at radius 3 is 1.57 bits per heavy atom. The normalized spacial score (nSPS) is 44.1. The Balaban J connectivity index is 1.49. The topological polar surface area (TPSA) is 0 Å². The van der Waals surface area contributed by atoms with Crippen LogP contribution < -0.4 is 0 Å². The minimum Gasteiger partial charge on any atom is -0.0808 e. The Bertz CT molecular complexity index is 430. The highest BCUT2D eigenvalue weighted by Gasteiger charge is 2.48. The van der Waals surface area contributed by atoms with Crippen molar-refractivity contribution in [2.75, 3.05) is 0 Å². The van der Waals surface area contributed by atoms with Gasteiger partial charge < -0.3 is 0 Å². The van der Waals surface area contributed by atoms with Crippen molar-refractivity contribution >= 4 is 0 Å². The van der Waals surface area contributed by atoms with Gasteiger partial charge in [0.15, 0.2) is 0 Å². The van der Waals surface area contributed by atoms with E-state index in [1.165, 1.54) is 12.8 Å². The Morgan fingerprint density at radius 1 is 0.714 bits per heavy atom. The van der Waals surface area contributed by atoms with E-state index in [-0.39, 0.29) is 5.41 Å². The maximum atomic E-state index is 3.88. The van der Waals surface area contributed by atoms with Crippen LogP contribution in [0.1, 0.15) is 26.7 Å². The first kappa shape index (κ1) is 13.6. The van der Waals surface area contributed by atoms with Gasteiger partial charge in [0.05, 0.1) is 0 Å². The molecule has 21 heavy (non-hydrogen) atoms. The van der Waals surface area contributed by atoms with Crippen molar-refractivity contribution in [2.24, 2.45) is 40.9 Å². The summed E-state index contributed by atoms with van der Waals surface area (Å²) < 4.78 is 0. The van der Waals surface area contributed by atoms with Crippen molar-refractivity contribution in [2.45, 2.75) is 26.7 Å². The molecule has 6 unspecified atom stereocenters. The average molecular weight is 276 g/mol. The molecule has 2 saturated carbocycles. The molecule has 0 aromatic carbocycles. The maximum Gasteiger partial charge on any atom is -0.00532 e. The van der Waals surface area contributed by atoms with E-state index in [2.05, 4.69) is 75.3 Å². The summed E-state index contributed by atoms with van der Waals surface area (Å²) >= 11 is 0. The molecule has 108 valence electrons. The molecular weight excluding hydrogens is 252 g/mol. The van der Waals surface area contributed by atoms with Gasteiger partial charge >= 0.3 is 0 Å². The van der Waals surface area contributed by atoms with Gasteiger partial charge in [0.1, 0.15) is 0 Å². The number of rotatable bonds is 2. The van der Waals surface area contributed by atoms with Gasteiger partial charge in [-0.1, -0.05) is 62.5 Å². The molecule has 4 aliphatic carbocycles. The van der Waals surface area contributed by atoms with E-state index in [4.69, 9.17) is 0 Å². The first-order valence-corrected chi connectivity index (χ1v) is 8.37. The minimum absolute atomic E-state index is 0.276. The van der Waals surface area contributed by atoms with E-state index in [9.17, 15) is 0 Å². The molecule has 0 heterocycles. The van der Waals surface area contributed by atoms with E-state index in [0.717, 1.165) is 0 Å². The summed E-state index contributed by atoms with van der Waals surface area (Å²) in [6.07, 6.45) is 28.5. The third kappa shape index (κ3) is 2.28. The molecule has 0 N–H and O–H groups in total. The summed E-state index contributed by atoms with van der Waals surface area (Å²) in [6, 6.07) is 0. The van der Waals surface area contributed by atoms with Gasteiger partial charge in [0.2, 0.25) is 0 Å². The molecule has 0 aromatic heterocycles. The predicted octanol–water partition coefficient (Wildman–Crippen LogP) is 4.93. The predicted molar refractivity (Wildman–Crippen MR) is 87.0 cm³/mol. The average Bonchev–Trinajstić information content (AvgIpc) is 3.11. The zero-order valence-corrected chi connectivity index (χ0v) is 13.0. The fourth-order valence-corrected chi connectivity index (χ4v) is 4.54. The van der Waals surface area contributed by atoms with Gasteiger partial charge in [-0.3, -0.25) is 0 Å². The molecule has 4 rings (SSSR count). The highest BCUT2D eigenvalue weighted by molar-refractivity contribution is 5.25. The van der Waals surface area contributed by atoms with Crippen molar-refractivity contribution in [3.63, 3.8) is 0 Å². The van der Waals surface area contributed by atoms with Crippen molar-refractivity contribution in [3.05, 3.63) is 61.4 Å². The lowest BCUT2D eigenvalue weighted by Gasteiger charge is -2.37. The van der Waals surface area contributed by atoms with Crippen molar-refractivity contribution in [1.29, 1.82) is 0 Å². The quantitative estimate of drug-likeness (QED) is 0.670. The second kappa shape index (κ2) is 5.00. The van der Waals surface area contributed by atoms with Crippen LogP contribution in [-0.4, -0.2) is 0 Å². The fraction of sp³-hybridized carbons (Fsp3) is 0.524. The highest BCUT2D eigenvalue weighted by Crippen LogP contribution is 2.55. The van der Waals surface area contributed by atoms with Crippen molar-refractivity contribution < 1.29 is 0 Å². The summed E-state index contributed by atoms with van der Waals surface area (Å²) in [5.74, 6) is 3.63. The SMILES string of the molecule is CC(C)(C1[C]C2C=CC=CC2C1)C1[C]C2C=CC=CC2C1. The molecule has 0 heteroatoms. The van der Waals surface area contributed by atoms with Crippen LogP contribution in [0.2, 0.25) is 0 Å². The van der Waals surface area contributed by atoms with E-state index in [1.807, 2.05) is 0 Å². The third-order valence-corrected chi connectivity index (χ3v) is 6.10. The van der Waals surface area contributed by atoms with Gasteiger partial charge in [-0.05, 0) is 66.6 Å². The van der Waals surface area contributed by atoms with Gasteiger partial charge in [-0.25, -0.2) is 0 Å². The summed E-state index contributed by atoms with van der Waals surface area (Å²) in [5, 5.41) is 0. The van der Waals surface area contributed by atoms with Crippen LogP contribution in [0.15, 0.2) is 48.6 Å². The Labute approximate surface area is 129 Å². The lowest BCUT2D eigenvalue weighted by atomic mass is 9.67. The molecule has 0 aromatic rings. The fourth-order valence-electron chi connectivity index (χ4n) is 4.54. The van der Waals surface area contributed by atoms with E-state index in [0.29, 0.717) is 35.5 Å². The molecule has 0 amide bonds. The second-order valence-electron chi connectivity index (χ2n) is 7.65. The number of hydrogen-bond donors (Lipinski definition) is 0. The van der Waals surface area contributed by atoms with Crippen LogP contribution in [-0.2, 0) is 0 Å². The standard InChI is InChI=1S/C21H24/c1-21(2,19-11-15-7-3-4-8-16(15)12-19)20-13-17-9-5-6-10-18(17)14-20/h3-10,15-20H,11,13H2,1-2H3. The molecular formula is C21H24. The van der Waals surface area contributed by atoms with Gasteiger partial charge in [-0.2, -0.15) is 0 Å². The number of hydrogen-bond acceptors (Lipinski definition) is 0. The first-order valence-electron chi connectivity index (χ1n) is 8.37. The Hall–Kier alpha value is -1.04. The van der Waals surface area contributed by atoms with E-state index in [1.54, 1.807) is 0 Å². The lowest BCUT2D eigenvalue weighted by Crippen LogP contribution is -2.31. The zero-order chi connectivity index (χ0) is 14.4. The van der Waals surface area contributed by atoms with Crippen LogP contribution in [0.25, 0.3) is 0 Å². The molecule has 0 aliphatic heterocycles. The monoisotopic (exact) mass is 276 g/mol. The van der Waals surface area contributed by atoms with Crippen LogP contribution >= 0.6 is 0 Å². The van der Waals surface area contributed by atoms with Gasteiger partial charge in [0, 0.05) is 0 Å². The van der Waals surface area contributed by atoms with Crippen LogP contribution in [0.3, 0.4) is 0 Å². The lowest BCUT2D eigenvalue weighted by molar-refractivity contribution is 0.158. The summed E-state index contributed by atoms with van der Waals surface area (Å²) in [4.78, 5) is 0. The smallest absolute Gasteiger partial charge is 0.00532 e.